The van der Waals surface area contributed by atoms with Crippen LogP contribution in [0, 0.1) is 0 Å². The van der Waals surface area contributed by atoms with Crippen LogP contribution in [0.4, 0.5) is 0 Å². The van der Waals surface area contributed by atoms with E-state index in [2.05, 4.69) is 4.98 Å². The second-order valence-corrected chi connectivity index (χ2v) is 5.80. The molecule has 0 aliphatic carbocycles. The van der Waals surface area contributed by atoms with Crippen LogP contribution in [0.15, 0.2) is 67.3 Å². The van der Waals surface area contributed by atoms with E-state index in [1.54, 1.807) is 12.5 Å². The Morgan fingerprint density at radius 3 is 2.26 bits per heavy atom. The summed E-state index contributed by atoms with van der Waals surface area (Å²) in [7, 11) is 0. The van der Waals surface area contributed by atoms with Gasteiger partial charge < -0.3 is 9.30 Å². The summed E-state index contributed by atoms with van der Waals surface area (Å²) in [4.78, 5) is 4.04. The molecule has 2 aromatic carbocycles. The number of ether oxygens (including phenoxy) is 1. The first-order chi connectivity index (χ1) is 11.2. The molecule has 23 heavy (non-hydrogen) atoms. The Kier molecular flexibility index (Phi) is 5.01. The Balaban J connectivity index is 1.83. The fourth-order valence-corrected chi connectivity index (χ4v) is 2.28. The summed E-state index contributed by atoms with van der Waals surface area (Å²) in [6, 6.07) is 15.1. The molecule has 0 radical (unpaired) electrons. The largest absolute Gasteiger partial charge is 0.487 e. The third kappa shape index (κ3) is 4.38. The molecule has 3 nitrogen and oxygen atoms in total. The molecule has 0 aliphatic rings. The Hall–Kier alpha value is -2.23. The Bertz CT molecular complexity index is 779. The number of rotatable bonds is 5. The van der Waals surface area contributed by atoms with E-state index in [1.165, 1.54) is 0 Å². The van der Waals surface area contributed by atoms with Crippen LogP contribution in [0.5, 0.6) is 0 Å². The molecule has 3 rings (SSSR count). The molecule has 0 fully saturated rings. The topological polar surface area (TPSA) is 27.1 Å². The fourth-order valence-electron chi connectivity index (χ4n) is 2.03. The van der Waals surface area contributed by atoms with Gasteiger partial charge in [0.2, 0.25) is 0 Å². The molecule has 0 amide bonds. The fraction of sp³-hybridized carbons (Fsp3) is 0.0556. The van der Waals surface area contributed by atoms with E-state index in [9.17, 15) is 0 Å². The van der Waals surface area contributed by atoms with Gasteiger partial charge in [0.1, 0.15) is 12.4 Å². The van der Waals surface area contributed by atoms with E-state index in [4.69, 9.17) is 27.9 Å². The number of hydrogen-bond acceptors (Lipinski definition) is 2. The normalized spacial score (nSPS) is 11.5. The third-order valence-electron chi connectivity index (χ3n) is 3.23. The van der Waals surface area contributed by atoms with E-state index in [0.29, 0.717) is 16.7 Å². The molecule has 1 aromatic heterocycles. The number of benzene rings is 2. The summed E-state index contributed by atoms with van der Waals surface area (Å²) in [5.74, 6) is 0.731. The van der Waals surface area contributed by atoms with Crippen molar-refractivity contribution in [3.8, 4) is 0 Å². The maximum absolute atomic E-state index is 5.99. The van der Waals surface area contributed by atoms with E-state index in [-0.39, 0.29) is 0 Å². The van der Waals surface area contributed by atoms with Crippen LogP contribution in [0.3, 0.4) is 0 Å². The average Bonchev–Trinajstić information content (AvgIpc) is 3.07. The molecule has 116 valence electrons. The molecule has 0 aliphatic heterocycles. The predicted molar refractivity (Wildman–Crippen MR) is 94.1 cm³/mol. The van der Waals surface area contributed by atoms with Gasteiger partial charge in [-0.3, -0.25) is 0 Å². The number of halogens is 2. The summed E-state index contributed by atoms with van der Waals surface area (Å²) >= 11 is 11.9. The van der Waals surface area contributed by atoms with Crippen LogP contribution >= 0.6 is 23.2 Å². The van der Waals surface area contributed by atoms with Crippen molar-refractivity contribution in [2.45, 2.75) is 6.61 Å². The zero-order chi connectivity index (χ0) is 16.1. The van der Waals surface area contributed by atoms with E-state index in [0.717, 1.165) is 16.9 Å². The molecule has 0 bridgehead atoms. The maximum atomic E-state index is 5.99. The molecule has 5 heteroatoms. The number of aromatic nitrogens is 2. The summed E-state index contributed by atoms with van der Waals surface area (Å²) in [6.07, 6.45) is 7.16. The Morgan fingerprint density at radius 2 is 1.65 bits per heavy atom. The van der Waals surface area contributed by atoms with Gasteiger partial charge in [0.25, 0.3) is 0 Å². The highest BCUT2D eigenvalue weighted by Crippen LogP contribution is 2.21. The zero-order valence-electron chi connectivity index (χ0n) is 12.2. The highest BCUT2D eigenvalue weighted by Gasteiger charge is 2.05. The van der Waals surface area contributed by atoms with Crippen LogP contribution in [0.25, 0.3) is 12.0 Å². The zero-order valence-corrected chi connectivity index (χ0v) is 13.7. The Labute approximate surface area is 144 Å². The summed E-state index contributed by atoms with van der Waals surface area (Å²) in [5, 5.41) is 1.40. The molecule has 0 saturated carbocycles. The molecular weight excluding hydrogens is 331 g/mol. The van der Waals surface area contributed by atoms with E-state index in [1.807, 2.05) is 65.5 Å². The van der Waals surface area contributed by atoms with Crippen molar-refractivity contribution in [3.05, 3.63) is 88.4 Å². The minimum atomic E-state index is 0.445. The van der Waals surface area contributed by atoms with Gasteiger partial charge in [0, 0.05) is 28.0 Å². The number of nitrogens with zero attached hydrogens (tertiary/aromatic N) is 2. The van der Waals surface area contributed by atoms with Gasteiger partial charge in [-0.1, -0.05) is 35.3 Å². The van der Waals surface area contributed by atoms with Gasteiger partial charge in [-0.2, -0.15) is 0 Å². The molecule has 0 N–H and O–H groups in total. The van der Waals surface area contributed by atoms with Gasteiger partial charge >= 0.3 is 0 Å². The summed E-state index contributed by atoms with van der Waals surface area (Å²) in [6.45, 7) is 0.445. The smallest absolute Gasteiger partial charge is 0.143 e. The van der Waals surface area contributed by atoms with Gasteiger partial charge in [0.05, 0.1) is 12.5 Å². The number of imidazole rings is 1. The molecular formula is C18H14Cl2N2O. The molecule has 0 saturated heterocycles. The lowest BCUT2D eigenvalue weighted by Gasteiger charge is -2.11. The standard InChI is InChI=1S/C18H14Cl2N2O/c19-16-5-1-14(2-6-16)12-23-18(11-22-10-9-21-13-22)15-3-7-17(20)8-4-15/h1-11,13H,12H2. The highest BCUT2D eigenvalue weighted by atomic mass is 35.5. The van der Waals surface area contributed by atoms with Crippen molar-refractivity contribution in [2.24, 2.45) is 0 Å². The van der Waals surface area contributed by atoms with Crippen molar-refractivity contribution >= 4 is 35.2 Å². The molecule has 0 atom stereocenters. The lowest BCUT2D eigenvalue weighted by Crippen LogP contribution is -1.96. The number of hydrogen-bond donors (Lipinski definition) is 0. The SMILES string of the molecule is Clc1ccc(COC(=Cn2ccnc2)c2ccc(Cl)cc2)cc1. The lowest BCUT2D eigenvalue weighted by molar-refractivity contribution is 0.265. The van der Waals surface area contributed by atoms with E-state index < -0.39 is 0 Å². The van der Waals surface area contributed by atoms with Crippen molar-refractivity contribution in [3.63, 3.8) is 0 Å². The van der Waals surface area contributed by atoms with Gasteiger partial charge in [-0.05, 0) is 42.0 Å². The summed E-state index contributed by atoms with van der Waals surface area (Å²) in [5.41, 5.74) is 1.98. The Morgan fingerprint density at radius 1 is 1.00 bits per heavy atom. The van der Waals surface area contributed by atoms with Crippen molar-refractivity contribution in [2.75, 3.05) is 0 Å². The van der Waals surface area contributed by atoms with Crippen LogP contribution < -0.4 is 0 Å². The van der Waals surface area contributed by atoms with Crippen molar-refractivity contribution in [1.82, 2.24) is 9.55 Å². The molecule has 3 aromatic rings. The monoisotopic (exact) mass is 344 g/mol. The van der Waals surface area contributed by atoms with Gasteiger partial charge in [-0.25, -0.2) is 4.98 Å². The predicted octanol–water partition coefficient (Wildman–Crippen LogP) is 5.36. The highest BCUT2D eigenvalue weighted by molar-refractivity contribution is 6.30. The first-order valence-electron chi connectivity index (χ1n) is 7.03. The molecule has 1 heterocycles. The van der Waals surface area contributed by atoms with Gasteiger partial charge in [0.15, 0.2) is 0 Å². The van der Waals surface area contributed by atoms with Crippen LogP contribution in [0.2, 0.25) is 10.0 Å². The average molecular weight is 345 g/mol. The lowest BCUT2D eigenvalue weighted by atomic mass is 10.2. The second-order valence-electron chi connectivity index (χ2n) is 4.93. The van der Waals surface area contributed by atoms with Crippen LogP contribution in [-0.4, -0.2) is 9.55 Å². The van der Waals surface area contributed by atoms with Crippen LogP contribution in [0.1, 0.15) is 11.1 Å². The second kappa shape index (κ2) is 7.36. The van der Waals surface area contributed by atoms with E-state index >= 15 is 0 Å². The maximum Gasteiger partial charge on any atom is 0.143 e. The molecule has 0 spiro atoms. The quantitative estimate of drug-likeness (QED) is 0.582. The summed E-state index contributed by atoms with van der Waals surface area (Å²) < 4.78 is 7.83. The van der Waals surface area contributed by atoms with Crippen molar-refractivity contribution < 1.29 is 4.74 Å². The third-order valence-corrected chi connectivity index (χ3v) is 3.73. The van der Waals surface area contributed by atoms with Gasteiger partial charge in [-0.15, -0.1) is 0 Å². The van der Waals surface area contributed by atoms with Crippen molar-refractivity contribution in [1.29, 1.82) is 0 Å². The minimum absolute atomic E-state index is 0.445. The minimum Gasteiger partial charge on any atom is -0.487 e. The first-order valence-corrected chi connectivity index (χ1v) is 7.79. The van der Waals surface area contributed by atoms with Crippen LogP contribution in [-0.2, 0) is 11.3 Å². The molecule has 0 unspecified atom stereocenters. The first kappa shape index (κ1) is 15.7.